The largest absolute Gasteiger partial charge is 0.467 e. The number of methoxy groups -OCH3 is 1. The lowest BCUT2D eigenvalue weighted by atomic mass is 10.0. The maximum atomic E-state index is 14.1. The maximum absolute atomic E-state index is 14.1. The summed E-state index contributed by atoms with van der Waals surface area (Å²) in [7, 11) is 1.26. The highest BCUT2D eigenvalue weighted by Crippen LogP contribution is 2.52. The maximum Gasteiger partial charge on any atom is 0.408 e. The summed E-state index contributed by atoms with van der Waals surface area (Å²) >= 11 is 1.14. The Bertz CT molecular complexity index is 988. The van der Waals surface area contributed by atoms with Crippen LogP contribution in [0.15, 0.2) is 41.8 Å². The first-order chi connectivity index (χ1) is 15.1. The van der Waals surface area contributed by atoms with Crippen LogP contribution in [0.3, 0.4) is 0 Å². The molecule has 1 aliphatic rings. The molecule has 1 saturated carbocycles. The number of amides is 2. The number of thiophene rings is 1. The highest BCUT2D eigenvalue weighted by molar-refractivity contribution is 7.09. The molecule has 0 spiro atoms. The van der Waals surface area contributed by atoms with Crippen molar-refractivity contribution in [2.45, 2.75) is 56.7 Å². The van der Waals surface area contributed by atoms with E-state index < -0.39 is 41.0 Å². The van der Waals surface area contributed by atoms with E-state index in [1.54, 1.807) is 26.2 Å². The predicted octanol–water partition coefficient (Wildman–Crippen LogP) is 3.54. The second kappa shape index (κ2) is 9.28. The molecule has 172 valence electrons. The number of benzene rings is 1. The van der Waals surface area contributed by atoms with Crippen molar-refractivity contribution < 1.29 is 28.2 Å². The average molecular weight is 463 g/mol. The fourth-order valence-electron chi connectivity index (χ4n) is 3.57. The standard InChI is InChI=1S/C23H27FN2O5S/c1-22(2,3)31-21(29)25-17(12-18-16(24)10-11-32-18)19(27)26-23(20(28)30-4)13-15(23)14-8-6-5-7-9-14/h5-11,15,17H,12-13H2,1-4H3,(H,25,29)(H,26,27)/t15-,17?,23-/m1/s1. The van der Waals surface area contributed by atoms with E-state index >= 15 is 0 Å². The van der Waals surface area contributed by atoms with Crippen LogP contribution < -0.4 is 10.6 Å². The van der Waals surface area contributed by atoms with Gasteiger partial charge >= 0.3 is 12.1 Å². The van der Waals surface area contributed by atoms with Crippen LogP contribution >= 0.6 is 11.3 Å². The number of rotatable bonds is 7. The van der Waals surface area contributed by atoms with Crippen molar-refractivity contribution in [3.05, 3.63) is 58.0 Å². The molecule has 1 heterocycles. The Balaban J connectivity index is 1.81. The number of esters is 1. The molecule has 1 fully saturated rings. The molecule has 32 heavy (non-hydrogen) atoms. The molecule has 2 N–H and O–H groups in total. The molecule has 7 nitrogen and oxygen atoms in total. The first-order valence-corrected chi connectivity index (χ1v) is 11.1. The minimum Gasteiger partial charge on any atom is -0.467 e. The van der Waals surface area contributed by atoms with Gasteiger partial charge in [0.15, 0.2) is 0 Å². The average Bonchev–Trinajstić information content (AvgIpc) is 3.32. The summed E-state index contributed by atoms with van der Waals surface area (Å²) in [5.74, 6) is -1.92. The van der Waals surface area contributed by atoms with Crippen molar-refractivity contribution in [2.75, 3.05) is 7.11 Å². The number of hydrogen-bond donors (Lipinski definition) is 2. The molecule has 1 aromatic heterocycles. The molecule has 3 rings (SSSR count). The highest BCUT2D eigenvalue weighted by atomic mass is 32.1. The predicted molar refractivity (Wildman–Crippen MR) is 118 cm³/mol. The molecule has 0 bridgehead atoms. The second-order valence-electron chi connectivity index (χ2n) is 8.71. The van der Waals surface area contributed by atoms with Crippen molar-refractivity contribution in [3.8, 4) is 0 Å². The van der Waals surface area contributed by atoms with Crippen LogP contribution in [0.25, 0.3) is 0 Å². The fraction of sp³-hybridized carbons (Fsp3) is 0.435. The number of alkyl carbamates (subject to hydrolysis) is 1. The smallest absolute Gasteiger partial charge is 0.408 e. The minimum absolute atomic E-state index is 0.0815. The molecule has 0 radical (unpaired) electrons. The first-order valence-electron chi connectivity index (χ1n) is 10.2. The van der Waals surface area contributed by atoms with Crippen molar-refractivity contribution in [1.29, 1.82) is 0 Å². The monoisotopic (exact) mass is 462 g/mol. The van der Waals surface area contributed by atoms with Gasteiger partial charge in [0.25, 0.3) is 0 Å². The Hall–Kier alpha value is -2.94. The van der Waals surface area contributed by atoms with Crippen LogP contribution in [0.2, 0.25) is 0 Å². The van der Waals surface area contributed by atoms with Gasteiger partial charge in [-0.2, -0.15) is 0 Å². The van der Waals surface area contributed by atoms with Crippen LogP contribution in [0.1, 0.15) is 43.6 Å². The van der Waals surface area contributed by atoms with Gasteiger partial charge < -0.3 is 20.1 Å². The third-order valence-corrected chi connectivity index (χ3v) is 6.07. The van der Waals surface area contributed by atoms with Gasteiger partial charge in [-0.15, -0.1) is 11.3 Å². The van der Waals surface area contributed by atoms with Gasteiger partial charge in [-0.3, -0.25) is 4.79 Å². The Morgan fingerprint density at radius 1 is 1.22 bits per heavy atom. The zero-order valence-corrected chi connectivity index (χ0v) is 19.3. The summed E-state index contributed by atoms with van der Waals surface area (Å²) in [6.45, 7) is 5.09. The molecule has 0 saturated heterocycles. The third-order valence-electron chi connectivity index (χ3n) is 5.15. The van der Waals surface area contributed by atoms with E-state index in [-0.39, 0.29) is 12.3 Å². The molecule has 0 aliphatic heterocycles. The van der Waals surface area contributed by atoms with Crippen LogP contribution in [-0.4, -0.2) is 42.3 Å². The summed E-state index contributed by atoms with van der Waals surface area (Å²) in [6, 6.07) is 9.47. The number of ether oxygens (including phenoxy) is 2. The van der Waals surface area contributed by atoms with Crippen molar-refractivity contribution >= 4 is 29.3 Å². The van der Waals surface area contributed by atoms with Gasteiger partial charge in [-0.1, -0.05) is 30.3 Å². The van der Waals surface area contributed by atoms with Gasteiger partial charge in [-0.05, 0) is 44.2 Å². The zero-order chi connectivity index (χ0) is 23.5. The Morgan fingerprint density at radius 2 is 1.91 bits per heavy atom. The third kappa shape index (κ3) is 5.45. The summed E-state index contributed by atoms with van der Waals surface area (Å²) in [4.78, 5) is 38.5. The molecule has 1 unspecified atom stereocenters. The lowest BCUT2D eigenvalue weighted by Crippen LogP contribution is -2.55. The topological polar surface area (TPSA) is 93.7 Å². The molecule has 9 heteroatoms. The van der Waals surface area contributed by atoms with Gasteiger partial charge in [-0.25, -0.2) is 14.0 Å². The van der Waals surface area contributed by atoms with Crippen molar-refractivity contribution in [2.24, 2.45) is 0 Å². The first kappa shape index (κ1) is 23.7. The Labute approximate surface area is 190 Å². The number of halogens is 1. The number of hydrogen-bond acceptors (Lipinski definition) is 6. The van der Waals surface area contributed by atoms with E-state index in [9.17, 15) is 18.8 Å². The summed E-state index contributed by atoms with van der Waals surface area (Å²) in [6.07, 6.45) is -0.527. The summed E-state index contributed by atoms with van der Waals surface area (Å²) in [5.41, 5.74) is -1.13. The van der Waals surface area contributed by atoms with E-state index in [2.05, 4.69) is 10.6 Å². The fourth-order valence-corrected chi connectivity index (χ4v) is 4.37. The molecule has 1 aliphatic carbocycles. The van der Waals surface area contributed by atoms with Gasteiger partial charge in [0, 0.05) is 17.2 Å². The van der Waals surface area contributed by atoms with Crippen LogP contribution in [0, 0.1) is 5.82 Å². The second-order valence-corrected chi connectivity index (χ2v) is 9.71. The highest BCUT2D eigenvalue weighted by Gasteiger charge is 2.63. The molecule has 2 aromatic rings. The normalized spacial score (nSPS) is 20.7. The molecule has 2 amide bonds. The van der Waals surface area contributed by atoms with E-state index in [0.717, 1.165) is 16.9 Å². The van der Waals surface area contributed by atoms with Crippen LogP contribution in [0.4, 0.5) is 9.18 Å². The van der Waals surface area contributed by atoms with Gasteiger partial charge in [0.05, 0.1) is 7.11 Å². The Kier molecular flexibility index (Phi) is 6.88. The van der Waals surface area contributed by atoms with E-state index in [4.69, 9.17) is 9.47 Å². The van der Waals surface area contributed by atoms with Gasteiger partial charge in [0.1, 0.15) is 23.0 Å². The van der Waals surface area contributed by atoms with Gasteiger partial charge in [0.2, 0.25) is 5.91 Å². The SMILES string of the molecule is COC(=O)[C@@]1(NC(=O)C(Cc2sccc2F)NC(=O)OC(C)(C)C)C[C@@H]1c1ccccc1. The lowest BCUT2D eigenvalue weighted by molar-refractivity contribution is -0.146. The summed E-state index contributed by atoms with van der Waals surface area (Å²) in [5, 5.41) is 6.85. The minimum atomic E-state index is -1.24. The molecule has 3 atom stereocenters. The van der Waals surface area contributed by atoms with Crippen molar-refractivity contribution in [1.82, 2.24) is 10.6 Å². The number of carbonyl (C=O) groups is 3. The molecular formula is C23H27FN2O5S. The lowest BCUT2D eigenvalue weighted by Gasteiger charge is -2.25. The summed E-state index contributed by atoms with van der Waals surface area (Å²) < 4.78 is 24.3. The van der Waals surface area contributed by atoms with Crippen molar-refractivity contribution in [3.63, 3.8) is 0 Å². The van der Waals surface area contributed by atoms with E-state index in [1.165, 1.54) is 13.2 Å². The van der Waals surface area contributed by atoms with Crippen LogP contribution in [-0.2, 0) is 25.5 Å². The number of carbonyl (C=O) groups excluding carboxylic acids is 3. The Morgan fingerprint density at radius 3 is 2.47 bits per heavy atom. The molecule has 1 aromatic carbocycles. The number of nitrogens with one attached hydrogen (secondary N) is 2. The zero-order valence-electron chi connectivity index (χ0n) is 18.4. The molecular weight excluding hydrogens is 435 g/mol. The van der Waals surface area contributed by atoms with E-state index in [0.29, 0.717) is 11.3 Å². The quantitative estimate of drug-likeness (QED) is 0.614. The van der Waals surface area contributed by atoms with Crippen LogP contribution in [0.5, 0.6) is 0 Å². The van der Waals surface area contributed by atoms with E-state index in [1.807, 2.05) is 30.3 Å².